The maximum absolute atomic E-state index is 5.45. The Bertz CT molecular complexity index is 383. The van der Waals surface area contributed by atoms with Gasteiger partial charge in [0.05, 0.1) is 7.11 Å². The molecule has 2 nitrogen and oxygen atoms in total. The van der Waals surface area contributed by atoms with Gasteiger partial charge >= 0.3 is 0 Å². The highest BCUT2D eigenvalue weighted by Crippen LogP contribution is 2.28. The molecule has 0 aliphatic carbocycles. The fourth-order valence-corrected chi connectivity index (χ4v) is 2.10. The number of hydrogen-bond acceptors (Lipinski definition) is 2. The van der Waals surface area contributed by atoms with Gasteiger partial charge in [0.25, 0.3) is 0 Å². The minimum atomic E-state index is 0.228. The van der Waals surface area contributed by atoms with Gasteiger partial charge in [0.2, 0.25) is 0 Å². The second-order valence-electron chi connectivity index (χ2n) is 6.19. The molecule has 1 aromatic rings. The molecule has 18 heavy (non-hydrogen) atoms. The van der Waals surface area contributed by atoms with Crippen LogP contribution in [-0.2, 0) is 6.42 Å². The highest BCUT2D eigenvalue weighted by Gasteiger charge is 2.20. The van der Waals surface area contributed by atoms with Gasteiger partial charge in [-0.25, -0.2) is 0 Å². The van der Waals surface area contributed by atoms with Gasteiger partial charge in [0.1, 0.15) is 5.75 Å². The van der Waals surface area contributed by atoms with Gasteiger partial charge in [0, 0.05) is 12.6 Å². The average molecular weight is 249 g/mol. The zero-order valence-electron chi connectivity index (χ0n) is 12.6. The minimum absolute atomic E-state index is 0.228. The quantitative estimate of drug-likeness (QED) is 0.832. The molecule has 0 aromatic heterocycles. The molecule has 0 unspecified atom stereocenters. The second-order valence-corrected chi connectivity index (χ2v) is 6.19. The van der Waals surface area contributed by atoms with Gasteiger partial charge in [-0.2, -0.15) is 0 Å². The lowest BCUT2D eigenvalue weighted by Crippen LogP contribution is -2.35. The van der Waals surface area contributed by atoms with E-state index in [-0.39, 0.29) is 5.41 Å². The summed E-state index contributed by atoms with van der Waals surface area (Å²) in [5.41, 5.74) is 2.82. The highest BCUT2D eigenvalue weighted by molar-refractivity contribution is 5.37. The molecular weight excluding hydrogens is 222 g/mol. The standard InChI is InChI=1S/C16H27NO/c1-12(2)17-11-16(4,5)10-14-9-13(3)7-8-15(14)18-6/h7-9,12,17H,10-11H2,1-6H3. The van der Waals surface area contributed by atoms with E-state index in [1.165, 1.54) is 11.1 Å². The Morgan fingerprint density at radius 1 is 1.28 bits per heavy atom. The SMILES string of the molecule is COc1ccc(C)cc1CC(C)(C)CNC(C)C. The Morgan fingerprint density at radius 2 is 1.94 bits per heavy atom. The molecule has 0 saturated heterocycles. The van der Waals surface area contributed by atoms with Crippen molar-refractivity contribution in [3.05, 3.63) is 29.3 Å². The van der Waals surface area contributed by atoms with E-state index in [0.717, 1.165) is 18.7 Å². The molecule has 0 aliphatic rings. The summed E-state index contributed by atoms with van der Waals surface area (Å²) in [7, 11) is 1.74. The first kappa shape index (κ1) is 15.0. The summed E-state index contributed by atoms with van der Waals surface area (Å²) in [6, 6.07) is 6.93. The van der Waals surface area contributed by atoms with Crippen molar-refractivity contribution in [2.75, 3.05) is 13.7 Å². The highest BCUT2D eigenvalue weighted by atomic mass is 16.5. The van der Waals surface area contributed by atoms with Gasteiger partial charge in [0.15, 0.2) is 0 Å². The number of nitrogens with one attached hydrogen (secondary N) is 1. The molecule has 1 rings (SSSR count). The summed E-state index contributed by atoms with van der Waals surface area (Å²) in [4.78, 5) is 0. The van der Waals surface area contributed by atoms with Crippen molar-refractivity contribution in [3.63, 3.8) is 0 Å². The lowest BCUT2D eigenvalue weighted by Gasteiger charge is -2.27. The van der Waals surface area contributed by atoms with Crippen LogP contribution < -0.4 is 10.1 Å². The number of benzene rings is 1. The third kappa shape index (κ3) is 4.69. The number of aryl methyl sites for hydroxylation is 1. The maximum Gasteiger partial charge on any atom is 0.122 e. The van der Waals surface area contributed by atoms with Crippen molar-refractivity contribution >= 4 is 0 Å². The Balaban J connectivity index is 2.79. The molecular formula is C16H27NO. The lowest BCUT2D eigenvalue weighted by atomic mass is 9.84. The van der Waals surface area contributed by atoms with Gasteiger partial charge in [-0.1, -0.05) is 45.4 Å². The molecule has 0 atom stereocenters. The Hall–Kier alpha value is -1.02. The molecule has 0 heterocycles. The van der Waals surface area contributed by atoms with Crippen LogP contribution in [0.25, 0.3) is 0 Å². The molecule has 0 saturated carbocycles. The largest absolute Gasteiger partial charge is 0.496 e. The monoisotopic (exact) mass is 249 g/mol. The summed E-state index contributed by atoms with van der Waals surface area (Å²) in [6.07, 6.45) is 1.03. The van der Waals surface area contributed by atoms with E-state index in [2.05, 4.69) is 58.1 Å². The fourth-order valence-electron chi connectivity index (χ4n) is 2.10. The van der Waals surface area contributed by atoms with Gasteiger partial charge in [-0.15, -0.1) is 0 Å². The molecule has 0 bridgehead atoms. The van der Waals surface area contributed by atoms with Crippen LogP contribution in [0.4, 0.5) is 0 Å². The summed E-state index contributed by atoms with van der Waals surface area (Å²) >= 11 is 0. The van der Waals surface area contributed by atoms with Crippen LogP contribution in [0.15, 0.2) is 18.2 Å². The Kier molecular flexibility index (Phi) is 5.21. The van der Waals surface area contributed by atoms with E-state index in [9.17, 15) is 0 Å². The Labute approximate surface area is 112 Å². The first-order valence-electron chi connectivity index (χ1n) is 6.71. The topological polar surface area (TPSA) is 21.3 Å². The van der Waals surface area contributed by atoms with E-state index >= 15 is 0 Å². The second kappa shape index (κ2) is 6.24. The van der Waals surface area contributed by atoms with Crippen molar-refractivity contribution in [1.29, 1.82) is 0 Å². The van der Waals surface area contributed by atoms with Crippen LogP contribution in [0.3, 0.4) is 0 Å². The smallest absolute Gasteiger partial charge is 0.122 e. The third-order valence-corrected chi connectivity index (χ3v) is 3.09. The maximum atomic E-state index is 5.45. The minimum Gasteiger partial charge on any atom is -0.496 e. The lowest BCUT2D eigenvalue weighted by molar-refractivity contribution is 0.318. The molecule has 0 amide bonds. The number of ether oxygens (including phenoxy) is 1. The van der Waals surface area contributed by atoms with Crippen LogP contribution in [-0.4, -0.2) is 19.7 Å². The fraction of sp³-hybridized carbons (Fsp3) is 0.625. The van der Waals surface area contributed by atoms with Gasteiger partial charge in [-0.05, 0) is 30.4 Å². The van der Waals surface area contributed by atoms with Crippen molar-refractivity contribution in [1.82, 2.24) is 5.32 Å². The summed E-state index contributed by atoms with van der Waals surface area (Å²) in [5, 5.41) is 3.52. The zero-order valence-corrected chi connectivity index (χ0v) is 12.6. The molecule has 2 heteroatoms. The normalized spacial score (nSPS) is 11.9. The van der Waals surface area contributed by atoms with Crippen LogP contribution in [0.5, 0.6) is 5.75 Å². The predicted octanol–water partition coefficient (Wildman–Crippen LogP) is 3.57. The van der Waals surface area contributed by atoms with Crippen molar-refractivity contribution in [2.24, 2.45) is 5.41 Å². The van der Waals surface area contributed by atoms with E-state index in [1.54, 1.807) is 7.11 Å². The van der Waals surface area contributed by atoms with Gasteiger partial charge < -0.3 is 10.1 Å². The zero-order chi connectivity index (χ0) is 13.8. The molecule has 0 spiro atoms. The predicted molar refractivity (Wildman–Crippen MR) is 78.4 cm³/mol. The molecule has 0 fully saturated rings. The number of methoxy groups -OCH3 is 1. The molecule has 102 valence electrons. The number of hydrogen-bond donors (Lipinski definition) is 1. The molecule has 1 aromatic carbocycles. The van der Waals surface area contributed by atoms with Crippen molar-refractivity contribution < 1.29 is 4.74 Å². The number of rotatable bonds is 6. The summed E-state index contributed by atoms with van der Waals surface area (Å²) in [5.74, 6) is 0.998. The molecule has 0 radical (unpaired) electrons. The summed E-state index contributed by atoms with van der Waals surface area (Å²) in [6.45, 7) is 12.1. The summed E-state index contributed by atoms with van der Waals surface area (Å²) < 4.78 is 5.45. The molecule has 1 N–H and O–H groups in total. The van der Waals surface area contributed by atoms with Crippen LogP contribution in [0.2, 0.25) is 0 Å². The van der Waals surface area contributed by atoms with Crippen LogP contribution >= 0.6 is 0 Å². The van der Waals surface area contributed by atoms with E-state index in [1.807, 2.05) is 0 Å². The van der Waals surface area contributed by atoms with E-state index in [4.69, 9.17) is 4.74 Å². The average Bonchev–Trinajstić information content (AvgIpc) is 2.26. The first-order valence-corrected chi connectivity index (χ1v) is 6.71. The van der Waals surface area contributed by atoms with Crippen molar-refractivity contribution in [3.8, 4) is 5.75 Å². The van der Waals surface area contributed by atoms with E-state index in [0.29, 0.717) is 6.04 Å². The van der Waals surface area contributed by atoms with E-state index < -0.39 is 0 Å². The van der Waals surface area contributed by atoms with Crippen molar-refractivity contribution in [2.45, 2.75) is 47.1 Å². The van der Waals surface area contributed by atoms with Crippen LogP contribution in [0, 0.1) is 12.3 Å². The van der Waals surface area contributed by atoms with Gasteiger partial charge in [-0.3, -0.25) is 0 Å². The van der Waals surface area contributed by atoms with Crippen LogP contribution in [0.1, 0.15) is 38.8 Å². The third-order valence-electron chi connectivity index (χ3n) is 3.09. The molecule has 0 aliphatic heterocycles. The first-order chi connectivity index (χ1) is 8.34. The Morgan fingerprint density at radius 3 is 2.50 bits per heavy atom.